The lowest BCUT2D eigenvalue weighted by molar-refractivity contribution is -0.135. The van der Waals surface area contributed by atoms with Crippen molar-refractivity contribution < 1.29 is 9.90 Å². The smallest absolute Gasteiger partial charge is 0.239 e. The van der Waals surface area contributed by atoms with E-state index in [1.807, 2.05) is 11.0 Å². The van der Waals surface area contributed by atoms with Gasteiger partial charge < -0.3 is 20.2 Å². The molecule has 1 unspecified atom stereocenters. The van der Waals surface area contributed by atoms with Gasteiger partial charge in [-0.25, -0.2) is 4.99 Å². The standard InChI is InChI=1S/C25H39N5O2/c1-3-26-25(27-18-22-21-9-5-4-8-20(21)10-11-23(22)31)30-16-14-28(15-17-30)19(2)24(32)29-12-6-7-13-29/h10-11,19,31H,3-9,12-18H2,1-2H3,(H,26,27). The Hall–Kier alpha value is -2.28. The summed E-state index contributed by atoms with van der Waals surface area (Å²) in [5.74, 6) is 1.55. The molecule has 0 bridgehead atoms. The second-order valence-electron chi connectivity index (χ2n) is 9.31. The lowest BCUT2D eigenvalue weighted by Crippen LogP contribution is -2.57. The molecule has 1 aromatic carbocycles. The third-order valence-electron chi connectivity index (χ3n) is 7.28. The Morgan fingerprint density at radius 2 is 1.75 bits per heavy atom. The van der Waals surface area contributed by atoms with Gasteiger partial charge in [-0.15, -0.1) is 0 Å². The highest BCUT2D eigenvalue weighted by molar-refractivity contribution is 5.82. The summed E-state index contributed by atoms with van der Waals surface area (Å²) in [6.07, 6.45) is 6.81. The van der Waals surface area contributed by atoms with Gasteiger partial charge in [-0.2, -0.15) is 0 Å². The zero-order valence-electron chi connectivity index (χ0n) is 19.8. The quantitative estimate of drug-likeness (QED) is 0.542. The number of guanidine groups is 1. The number of rotatable bonds is 5. The number of phenolic OH excluding ortho intramolecular Hbond substituents is 1. The molecule has 0 radical (unpaired) electrons. The number of amides is 1. The molecular weight excluding hydrogens is 402 g/mol. The van der Waals surface area contributed by atoms with E-state index in [2.05, 4.69) is 35.0 Å². The number of aromatic hydroxyl groups is 1. The van der Waals surface area contributed by atoms with Gasteiger partial charge >= 0.3 is 0 Å². The first-order chi connectivity index (χ1) is 15.6. The normalized spacial score (nSPS) is 20.9. The molecular formula is C25H39N5O2. The number of aliphatic imine (C=N–C) groups is 1. The minimum absolute atomic E-state index is 0.0532. The Kier molecular flexibility index (Phi) is 7.55. The van der Waals surface area contributed by atoms with Crippen LogP contribution in [0, 0.1) is 0 Å². The fourth-order valence-corrected chi connectivity index (χ4v) is 5.33. The van der Waals surface area contributed by atoms with Crippen molar-refractivity contribution in [2.45, 2.75) is 65.0 Å². The zero-order chi connectivity index (χ0) is 22.5. The summed E-state index contributed by atoms with van der Waals surface area (Å²) >= 11 is 0. The van der Waals surface area contributed by atoms with E-state index in [0.717, 1.165) is 83.0 Å². The number of piperazine rings is 1. The summed E-state index contributed by atoms with van der Waals surface area (Å²) < 4.78 is 0. The first-order valence-electron chi connectivity index (χ1n) is 12.5. The van der Waals surface area contributed by atoms with Gasteiger partial charge in [0.15, 0.2) is 5.96 Å². The Morgan fingerprint density at radius 1 is 1.03 bits per heavy atom. The van der Waals surface area contributed by atoms with E-state index >= 15 is 0 Å². The van der Waals surface area contributed by atoms with Gasteiger partial charge in [0.05, 0.1) is 12.6 Å². The lowest BCUT2D eigenvalue weighted by Gasteiger charge is -2.39. The van der Waals surface area contributed by atoms with E-state index in [-0.39, 0.29) is 11.9 Å². The van der Waals surface area contributed by atoms with Crippen LogP contribution in [0.2, 0.25) is 0 Å². The van der Waals surface area contributed by atoms with Crippen molar-refractivity contribution in [2.75, 3.05) is 45.8 Å². The number of aryl methyl sites for hydroxylation is 1. The van der Waals surface area contributed by atoms with E-state index in [1.54, 1.807) is 0 Å². The molecule has 4 rings (SSSR count). The fourth-order valence-electron chi connectivity index (χ4n) is 5.33. The number of carbonyl (C=O) groups excluding carboxylic acids is 1. The van der Waals surface area contributed by atoms with E-state index in [9.17, 15) is 9.90 Å². The van der Waals surface area contributed by atoms with Gasteiger partial charge in [-0.3, -0.25) is 9.69 Å². The maximum Gasteiger partial charge on any atom is 0.239 e. The van der Waals surface area contributed by atoms with Crippen LogP contribution in [-0.2, 0) is 24.2 Å². The van der Waals surface area contributed by atoms with Crippen molar-refractivity contribution in [3.8, 4) is 5.75 Å². The number of hydrogen-bond donors (Lipinski definition) is 2. The summed E-state index contributed by atoms with van der Waals surface area (Å²) in [5, 5.41) is 13.9. The minimum atomic E-state index is -0.0532. The molecule has 1 atom stereocenters. The molecule has 176 valence electrons. The molecule has 3 aliphatic rings. The zero-order valence-corrected chi connectivity index (χ0v) is 19.8. The van der Waals surface area contributed by atoms with Crippen molar-refractivity contribution in [3.05, 3.63) is 28.8 Å². The molecule has 1 aromatic rings. The molecule has 1 amide bonds. The number of fused-ring (bicyclic) bond motifs is 1. The van der Waals surface area contributed by atoms with Crippen molar-refractivity contribution >= 4 is 11.9 Å². The lowest BCUT2D eigenvalue weighted by atomic mass is 9.88. The van der Waals surface area contributed by atoms with Gasteiger partial charge in [-0.1, -0.05) is 6.07 Å². The van der Waals surface area contributed by atoms with E-state index in [4.69, 9.17) is 4.99 Å². The molecule has 32 heavy (non-hydrogen) atoms. The van der Waals surface area contributed by atoms with E-state index < -0.39 is 0 Å². The molecule has 1 aliphatic carbocycles. The van der Waals surface area contributed by atoms with Crippen LogP contribution in [0.15, 0.2) is 17.1 Å². The van der Waals surface area contributed by atoms with Gasteiger partial charge in [0.1, 0.15) is 5.75 Å². The maximum atomic E-state index is 12.8. The second-order valence-corrected chi connectivity index (χ2v) is 9.31. The van der Waals surface area contributed by atoms with Crippen LogP contribution in [0.4, 0.5) is 0 Å². The van der Waals surface area contributed by atoms with E-state index in [1.165, 1.54) is 24.0 Å². The number of benzene rings is 1. The fraction of sp³-hybridized carbons (Fsp3) is 0.680. The summed E-state index contributed by atoms with van der Waals surface area (Å²) in [6.45, 7) is 10.7. The maximum absolute atomic E-state index is 12.8. The predicted molar refractivity (Wildman–Crippen MR) is 128 cm³/mol. The molecule has 2 fully saturated rings. The summed E-state index contributed by atoms with van der Waals surface area (Å²) in [7, 11) is 0. The predicted octanol–water partition coefficient (Wildman–Crippen LogP) is 2.37. The van der Waals surface area contributed by atoms with Crippen LogP contribution in [0.3, 0.4) is 0 Å². The summed E-state index contributed by atoms with van der Waals surface area (Å²) in [4.78, 5) is 24.3. The van der Waals surface area contributed by atoms with Gasteiger partial charge in [0.2, 0.25) is 5.91 Å². The first-order valence-corrected chi connectivity index (χ1v) is 12.5. The largest absolute Gasteiger partial charge is 0.508 e. The van der Waals surface area contributed by atoms with Gasteiger partial charge in [0, 0.05) is 51.4 Å². The third kappa shape index (κ3) is 5.03. The average molecular weight is 442 g/mol. The van der Waals surface area contributed by atoms with Crippen molar-refractivity contribution in [2.24, 2.45) is 4.99 Å². The summed E-state index contributed by atoms with van der Waals surface area (Å²) in [6, 6.07) is 3.86. The molecule has 7 nitrogen and oxygen atoms in total. The highest BCUT2D eigenvalue weighted by Gasteiger charge is 2.30. The number of nitrogens with zero attached hydrogens (tertiary/aromatic N) is 4. The average Bonchev–Trinajstić information content (AvgIpc) is 3.37. The minimum Gasteiger partial charge on any atom is -0.508 e. The molecule has 2 aliphatic heterocycles. The monoisotopic (exact) mass is 441 g/mol. The van der Waals surface area contributed by atoms with Crippen molar-refractivity contribution in [1.82, 2.24) is 20.0 Å². The Morgan fingerprint density at radius 3 is 2.47 bits per heavy atom. The second kappa shape index (κ2) is 10.6. The Balaban J connectivity index is 1.40. The van der Waals surface area contributed by atoms with Gasteiger partial charge in [-0.05, 0) is 69.6 Å². The van der Waals surface area contributed by atoms with Crippen molar-refractivity contribution in [1.29, 1.82) is 0 Å². The number of likely N-dealkylation sites (tertiary alicyclic amines) is 1. The number of phenols is 1. The Bertz CT molecular complexity index is 826. The molecule has 0 aromatic heterocycles. The highest BCUT2D eigenvalue weighted by atomic mass is 16.3. The van der Waals surface area contributed by atoms with Crippen LogP contribution in [0.5, 0.6) is 5.75 Å². The SMILES string of the molecule is CCNC(=NCc1c(O)ccc2c1CCCC2)N1CCN(C(C)C(=O)N2CCCC2)CC1. The number of carbonyl (C=O) groups is 1. The van der Waals surface area contributed by atoms with Crippen LogP contribution >= 0.6 is 0 Å². The number of nitrogens with one attached hydrogen (secondary N) is 1. The molecule has 7 heteroatoms. The topological polar surface area (TPSA) is 71.4 Å². The van der Waals surface area contributed by atoms with E-state index in [0.29, 0.717) is 12.3 Å². The van der Waals surface area contributed by atoms with Gasteiger partial charge in [0.25, 0.3) is 0 Å². The first kappa shape index (κ1) is 22.9. The Labute approximate surface area is 192 Å². The van der Waals surface area contributed by atoms with Crippen LogP contribution in [0.1, 0.15) is 56.2 Å². The molecule has 2 heterocycles. The van der Waals surface area contributed by atoms with Crippen LogP contribution in [0.25, 0.3) is 0 Å². The molecule has 2 N–H and O–H groups in total. The van der Waals surface area contributed by atoms with Crippen molar-refractivity contribution in [3.63, 3.8) is 0 Å². The molecule has 2 saturated heterocycles. The van der Waals surface area contributed by atoms with Crippen LogP contribution < -0.4 is 5.32 Å². The summed E-state index contributed by atoms with van der Waals surface area (Å²) in [5.41, 5.74) is 3.66. The van der Waals surface area contributed by atoms with Crippen LogP contribution in [-0.4, -0.2) is 83.5 Å². The molecule has 0 saturated carbocycles. The highest BCUT2D eigenvalue weighted by Crippen LogP contribution is 2.31. The number of hydrogen-bond acceptors (Lipinski definition) is 4. The molecule has 0 spiro atoms. The third-order valence-corrected chi connectivity index (χ3v) is 7.28.